The maximum absolute atomic E-state index is 2.51. The number of fused-ring (bicyclic) bond motifs is 7. The number of aryl methyl sites for hydroxylation is 4. The van der Waals surface area contributed by atoms with Gasteiger partial charge in [-0.15, -0.1) is 0 Å². The van der Waals surface area contributed by atoms with Gasteiger partial charge in [0.2, 0.25) is 0 Å². The predicted octanol–water partition coefficient (Wildman–Crippen LogP) is 15.6. The van der Waals surface area contributed by atoms with Crippen molar-refractivity contribution < 1.29 is 0 Å². The first kappa shape index (κ1) is 34.0. The van der Waals surface area contributed by atoms with Crippen LogP contribution in [0.5, 0.6) is 0 Å². The van der Waals surface area contributed by atoms with E-state index in [9.17, 15) is 0 Å². The van der Waals surface area contributed by atoms with Crippen LogP contribution < -0.4 is 0 Å². The summed E-state index contributed by atoms with van der Waals surface area (Å²) >= 11 is 0.208. The topological polar surface area (TPSA) is 0 Å². The van der Waals surface area contributed by atoms with E-state index in [1.165, 1.54) is 129 Å². The van der Waals surface area contributed by atoms with Gasteiger partial charge in [0.05, 0.1) is 0 Å². The van der Waals surface area contributed by atoms with Crippen LogP contribution in [0, 0.1) is 27.7 Å². The molecule has 1 heteroatoms. The van der Waals surface area contributed by atoms with Crippen molar-refractivity contribution in [1.29, 1.82) is 0 Å². The van der Waals surface area contributed by atoms with E-state index in [2.05, 4.69) is 198 Å². The summed E-state index contributed by atoms with van der Waals surface area (Å²) in [5, 5.41) is 13.2. The zero-order valence-electron chi connectivity index (χ0n) is 32.6. The van der Waals surface area contributed by atoms with Crippen molar-refractivity contribution in [1.82, 2.24) is 0 Å². The van der Waals surface area contributed by atoms with E-state index < -0.39 is 0 Å². The second-order valence-corrected chi connectivity index (χ2v) is 18.0. The molecular formula is C56H40Se. The average Bonchev–Trinajstić information content (AvgIpc) is 3.60. The quantitative estimate of drug-likeness (QED) is 0.123. The monoisotopic (exact) mass is 792 g/mol. The molecule has 0 bridgehead atoms. The molecule has 0 radical (unpaired) electrons. The van der Waals surface area contributed by atoms with Gasteiger partial charge in [0.1, 0.15) is 0 Å². The number of rotatable bonds is 4. The average molecular weight is 792 g/mol. The van der Waals surface area contributed by atoms with Gasteiger partial charge in [-0.25, -0.2) is 0 Å². The molecule has 0 N–H and O–H groups in total. The molecule has 0 nitrogen and oxygen atoms in total. The Kier molecular flexibility index (Phi) is 7.87. The Morgan fingerprint density at radius 1 is 0.246 bits per heavy atom. The summed E-state index contributed by atoms with van der Waals surface area (Å²) in [6.45, 7) is 8.99. The van der Waals surface area contributed by atoms with Gasteiger partial charge in [0.25, 0.3) is 0 Å². The van der Waals surface area contributed by atoms with Gasteiger partial charge < -0.3 is 0 Å². The summed E-state index contributed by atoms with van der Waals surface area (Å²) in [6.07, 6.45) is 0. The fourth-order valence-electron chi connectivity index (χ4n) is 9.92. The molecule has 11 aromatic rings. The van der Waals surface area contributed by atoms with E-state index in [1.54, 1.807) is 0 Å². The SMILES string of the molecule is Cc1cccc(C)c1-c1c2ccccc2c(-c2ccc3c(c2)[se]c2ccc(-c4c5ccccc5c(-c5c(C)cccc5C)c5ccccc45)cc23)c2ccccc12. The minimum atomic E-state index is 0.208. The fourth-order valence-corrected chi connectivity index (χ4v) is 12.3. The summed E-state index contributed by atoms with van der Waals surface area (Å²) in [6, 6.07) is 64.1. The van der Waals surface area contributed by atoms with E-state index in [-0.39, 0.29) is 14.5 Å². The van der Waals surface area contributed by atoms with Gasteiger partial charge in [-0.3, -0.25) is 0 Å². The van der Waals surface area contributed by atoms with Gasteiger partial charge in [-0.2, -0.15) is 0 Å². The molecule has 0 saturated carbocycles. The number of hydrogen-bond donors (Lipinski definition) is 0. The third-order valence-electron chi connectivity index (χ3n) is 12.4. The van der Waals surface area contributed by atoms with Crippen molar-refractivity contribution in [2.24, 2.45) is 0 Å². The van der Waals surface area contributed by atoms with Crippen LogP contribution in [-0.4, -0.2) is 14.5 Å². The van der Waals surface area contributed by atoms with Crippen molar-refractivity contribution in [2.75, 3.05) is 0 Å². The molecule has 0 atom stereocenters. The van der Waals surface area contributed by atoms with E-state index in [0.717, 1.165) is 0 Å². The Bertz CT molecular complexity index is 3290. The Morgan fingerprint density at radius 2 is 0.596 bits per heavy atom. The molecule has 0 amide bonds. The molecule has 57 heavy (non-hydrogen) atoms. The van der Waals surface area contributed by atoms with Gasteiger partial charge in [0, 0.05) is 0 Å². The maximum atomic E-state index is 2.51. The zero-order valence-corrected chi connectivity index (χ0v) is 34.3. The first-order chi connectivity index (χ1) is 28.0. The molecule has 0 unspecified atom stereocenters. The van der Waals surface area contributed by atoms with Crippen LogP contribution in [0.4, 0.5) is 0 Å². The third kappa shape index (κ3) is 5.20. The Balaban J connectivity index is 1.13. The van der Waals surface area contributed by atoms with E-state index in [4.69, 9.17) is 0 Å². The van der Waals surface area contributed by atoms with Gasteiger partial charge in [-0.1, -0.05) is 0 Å². The Morgan fingerprint density at radius 3 is 1.00 bits per heavy atom. The molecule has 270 valence electrons. The molecule has 0 fully saturated rings. The molecule has 0 aliphatic carbocycles. The molecule has 11 rings (SSSR count). The Hall–Kier alpha value is -6.24. The molecular weight excluding hydrogens is 752 g/mol. The second-order valence-electron chi connectivity index (χ2n) is 15.7. The molecule has 0 aliphatic rings. The number of benzene rings is 10. The summed E-state index contributed by atoms with van der Waals surface area (Å²) in [5.74, 6) is 0. The number of hydrogen-bond acceptors (Lipinski definition) is 0. The van der Waals surface area contributed by atoms with Crippen LogP contribution in [0.1, 0.15) is 22.3 Å². The fraction of sp³-hybridized carbons (Fsp3) is 0.0714. The summed E-state index contributed by atoms with van der Waals surface area (Å²) in [7, 11) is 0. The minimum absolute atomic E-state index is 0.208. The van der Waals surface area contributed by atoms with Crippen LogP contribution in [0.25, 0.3) is 107 Å². The third-order valence-corrected chi connectivity index (χ3v) is 14.8. The van der Waals surface area contributed by atoms with Crippen LogP contribution in [-0.2, 0) is 0 Å². The van der Waals surface area contributed by atoms with Crippen molar-refractivity contribution in [2.45, 2.75) is 27.7 Å². The van der Waals surface area contributed by atoms with E-state index in [1.807, 2.05) is 0 Å². The summed E-state index contributed by atoms with van der Waals surface area (Å²) in [4.78, 5) is 0. The van der Waals surface area contributed by atoms with Crippen molar-refractivity contribution in [3.05, 3.63) is 192 Å². The predicted molar refractivity (Wildman–Crippen MR) is 249 cm³/mol. The van der Waals surface area contributed by atoms with Crippen molar-refractivity contribution >= 4 is 76.9 Å². The van der Waals surface area contributed by atoms with Gasteiger partial charge >= 0.3 is 341 Å². The molecule has 0 aliphatic heterocycles. The molecule has 0 saturated heterocycles. The summed E-state index contributed by atoms with van der Waals surface area (Å²) < 4.78 is 2.92. The van der Waals surface area contributed by atoms with Crippen LogP contribution in [0.15, 0.2) is 170 Å². The first-order valence-electron chi connectivity index (χ1n) is 19.9. The Labute approximate surface area is 339 Å². The second kappa shape index (κ2) is 13.2. The summed E-state index contributed by atoms with van der Waals surface area (Å²) in [5.41, 5.74) is 15.8. The molecule has 1 aromatic heterocycles. The van der Waals surface area contributed by atoms with Gasteiger partial charge in [0.15, 0.2) is 0 Å². The standard InChI is InChI=1S/C56H40Se/c1-33-15-13-16-34(2)51(33)55-44-23-9-5-19-40(44)53(41-20-6-10-24-45(41)55)37-28-30-49-48(31-37)39-29-27-38(32-50(39)57-49)54-42-21-7-11-25-46(42)56(47-26-12-8-22-43(47)54)52-35(3)17-14-18-36(52)4/h5-32H,1-4H3. The van der Waals surface area contributed by atoms with Crippen LogP contribution in [0.3, 0.4) is 0 Å². The molecule has 10 aromatic carbocycles. The van der Waals surface area contributed by atoms with E-state index in [0.29, 0.717) is 0 Å². The molecule has 0 spiro atoms. The van der Waals surface area contributed by atoms with Crippen LogP contribution >= 0.6 is 0 Å². The van der Waals surface area contributed by atoms with Crippen molar-refractivity contribution in [3.63, 3.8) is 0 Å². The van der Waals surface area contributed by atoms with Gasteiger partial charge in [-0.05, 0) is 0 Å². The molecule has 1 heterocycles. The first-order valence-corrected chi connectivity index (χ1v) is 21.6. The zero-order chi connectivity index (χ0) is 38.4. The van der Waals surface area contributed by atoms with Crippen LogP contribution in [0.2, 0.25) is 0 Å². The normalized spacial score (nSPS) is 11.9. The van der Waals surface area contributed by atoms with Crippen molar-refractivity contribution in [3.8, 4) is 44.5 Å². The van der Waals surface area contributed by atoms with E-state index >= 15 is 0 Å².